The van der Waals surface area contributed by atoms with Gasteiger partial charge in [-0.1, -0.05) is 13.0 Å². The van der Waals surface area contributed by atoms with Crippen LogP contribution >= 0.6 is 0 Å². The van der Waals surface area contributed by atoms with Gasteiger partial charge >= 0.3 is 0 Å². The second-order valence-corrected chi connectivity index (χ2v) is 9.34. The third-order valence-corrected chi connectivity index (χ3v) is 7.07. The molecule has 1 aliphatic carbocycles. The van der Waals surface area contributed by atoms with Crippen LogP contribution in [0.4, 0.5) is 5.69 Å². The fourth-order valence-electron chi connectivity index (χ4n) is 4.83. The van der Waals surface area contributed by atoms with Gasteiger partial charge in [-0.15, -0.1) is 0 Å². The van der Waals surface area contributed by atoms with Gasteiger partial charge in [-0.05, 0) is 55.2 Å². The lowest BCUT2D eigenvalue weighted by atomic mass is 9.83. The zero-order valence-corrected chi connectivity index (χ0v) is 19.6. The maximum absolute atomic E-state index is 4.68. The van der Waals surface area contributed by atoms with Crippen molar-refractivity contribution in [2.75, 3.05) is 5.32 Å². The summed E-state index contributed by atoms with van der Waals surface area (Å²) >= 11 is 0. The Kier molecular flexibility index (Phi) is 4.73. The Morgan fingerprint density at radius 2 is 1.75 bits per heavy atom. The number of hydrogen-bond donors (Lipinski definition) is 2. The molecule has 1 saturated carbocycles. The van der Waals surface area contributed by atoms with E-state index in [0.717, 1.165) is 66.8 Å². The Bertz CT molecular complexity index is 1770. The third kappa shape index (κ3) is 3.48. The molecule has 1 fully saturated rings. The molecular formula is C29H23N7. The number of aromatic nitrogens is 5. The Hall–Kier alpha value is -4.65. The number of allylic oxidation sites excluding steroid dienone is 1. The SMILES string of the molecule is C=C(Nc1cncc(-c2cnc3c(c2)=C(c2cc4c(-c5ccncc5)nccc4[nH]2)N=3)c1)C1CCC1. The summed E-state index contributed by atoms with van der Waals surface area (Å²) in [6.07, 6.45) is 14.7. The third-order valence-electron chi connectivity index (χ3n) is 7.07. The molecule has 5 aromatic heterocycles. The molecule has 0 amide bonds. The van der Waals surface area contributed by atoms with Crippen LogP contribution in [0.15, 0.2) is 90.8 Å². The molecule has 7 nitrogen and oxygen atoms in total. The molecule has 0 spiro atoms. The van der Waals surface area contributed by atoms with Crippen LogP contribution in [-0.2, 0) is 0 Å². The highest BCUT2D eigenvalue weighted by Gasteiger charge is 2.21. The molecule has 7 heteroatoms. The normalized spacial score (nSPS) is 14.5. The van der Waals surface area contributed by atoms with E-state index < -0.39 is 0 Å². The van der Waals surface area contributed by atoms with Gasteiger partial charge in [-0.2, -0.15) is 0 Å². The van der Waals surface area contributed by atoms with Gasteiger partial charge in [-0.3, -0.25) is 15.0 Å². The number of anilines is 1. The molecule has 0 bridgehead atoms. The van der Waals surface area contributed by atoms with E-state index in [0.29, 0.717) is 5.92 Å². The first kappa shape index (κ1) is 20.7. The number of aromatic amines is 1. The summed E-state index contributed by atoms with van der Waals surface area (Å²) in [6.45, 7) is 4.22. The Balaban J connectivity index is 1.25. The first-order valence-corrected chi connectivity index (χ1v) is 12.1. The van der Waals surface area contributed by atoms with Gasteiger partial charge in [0.2, 0.25) is 0 Å². The van der Waals surface area contributed by atoms with Crippen molar-refractivity contribution in [2.24, 2.45) is 10.9 Å². The van der Waals surface area contributed by atoms with Gasteiger partial charge in [-0.25, -0.2) is 9.98 Å². The first-order valence-electron chi connectivity index (χ1n) is 12.1. The lowest BCUT2D eigenvalue weighted by Crippen LogP contribution is -2.38. The summed E-state index contributed by atoms with van der Waals surface area (Å²) < 4.78 is 0. The Morgan fingerprint density at radius 1 is 0.889 bits per heavy atom. The molecule has 2 aliphatic rings. The lowest BCUT2D eigenvalue weighted by Gasteiger charge is -2.28. The lowest BCUT2D eigenvalue weighted by molar-refractivity contribution is 0.371. The molecular weight excluding hydrogens is 446 g/mol. The Morgan fingerprint density at radius 3 is 2.58 bits per heavy atom. The van der Waals surface area contributed by atoms with E-state index in [1.807, 2.05) is 43.0 Å². The smallest absolute Gasteiger partial charge is 0.162 e. The van der Waals surface area contributed by atoms with Gasteiger partial charge in [0.15, 0.2) is 5.49 Å². The average molecular weight is 470 g/mol. The monoisotopic (exact) mass is 469 g/mol. The molecule has 7 rings (SSSR count). The summed E-state index contributed by atoms with van der Waals surface area (Å²) in [5.41, 5.74) is 9.59. The zero-order valence-electron chi connectivity index (χ0n) is 19.6. The number of H-pyrrole nitrogens is 1. The van der Waals surface area contributed by atoms with Crippen molar-refractivity contribution in [2.45, 2.75) is 19.3 Å². The Labute approximate surface area is 207 Å². The summed E-state index contributed by atoms with van der Waals surface area (Å²) in [5.74, 6) is 0.566. The van der Waals surface area contributed by atoms with Crippen LogP contribution in [0.3, 0.4) is 0 Å². The topological polar surface area (TPSA) is 91.7 Å². The van der Waals surface area contributed by atoms with Gasteiger partial charge in [0, 0.05) is 69.5 Å². The van der Waals surface area contributed by atoms with Crippen LogP contribution in [0.1, 0.15) is 25.0 Å². The molecule has 6 heterocycles. The minimum Gasteiger partial charge on any atom is -0.358 e. The molecule has 0 unspecified atom stereocenters. The predicted molar refractivity (Wildman–Crippen MR) is 140 cm³/mol. The van der Waals surface area contributed by atoms with Gasteiger partial charge in [0.1, 0.15) is 5.70 Å². The fourth-order valence-corrected chi connectivity index (χ4v) is 4.83. The van der Waals surface area contributed by atoms with Gasteiger partial charge in [0.25, 0.3) is 0 Å². The molecule has 1 aliphatic heterocycles. The molecule has 2 N–H and O–H groups in total. The second-order valence-electron chi connectivity index (χ2n) is 9.34. The van der Waals surface area contributed by atoms with Crippen molar-refractivity contribution in [3.05, 3.63) is 102 Å². The first-order chi connectivity index (χ1) is 17.7. The van der Waals surface area contributed by atoms with Gasteiger partial charge in [0.05, 0.1) is 23.3 Å². The van der Waals surface area contributed by atoms with Crippen LogP contribution in [0.2, 0.25) is 0 Å². The highest BCUT2D eigenvalue weighted by molar-refractivity contribution is 5.95. The zero-order chi connectivity index (χ0) is 24.1. The average Bonchev–Trinajstić information content (AvgIpc) is 3.28. The van der Waals surface area contributed by atoms with Crippen LogP contribution in [-0.4, -0.2) is 24.9 Å². The number of nitrogens with one attached hydrogen (secondary N) is 2. The number of hydrogen-bond acceptors (Lipinski definition) is 6. The van der Waals surface area contributed by atoms with E-state index in [4.69, 9.17) is 0 Å². The highest BCUT2D eigenvalue weighted by Crippen LogP contribution is 2.33. The summed E-state index contributed by atoms with van der Waals surface area (Å²) in [7, 11) is 0. The summed E-state index contributed by atoms with van der Waals surface area (Å²) in [4.78, 5) is 26.0. The van der Waals surface area contributed by atoms with Crippen molar-refractivity contribution < 1.29 is 0 Å². The quantitative estimate of drug-likeness (QED) is 0.379. The van der Waals surface area contributed by atoms with E-state index in [2.05, 4.69) is 60.0 Å². The predicted octanol–water partition coefficient (Wildman–Crippen LogP) is 4.60. The number of rotatable bonds is 6. The van der Waals surface area contributed by atoms with Crippen molar-refractivity contribution in [1.29, 1.82) is 0 Å². The molecule has 5 aromatic rings. The number of nitrogens with zero attached hydrogens (tertiary/aromatic N) is 5. The van der Waals surface area contributed by atoms with Crippen LogP contribution in [0, 0.1) is 5.92 Å². The van der Waals surface area contributed by atoms with Crippen molar-refractivity contribution >= 4 is 22.3 Å². The van der Waals surface area contributed by atoms with Crippen molar-refractivity contribution in [3.63, 3.8) is 0 Å². The molecule has 0 aromatic carbocycles. The van der Waals surface area contributed by atoms with E-state index in [1.54, 1.807) is 12.4 Å². The van der Waals surface area contributed by atoms with Gasteiger partial charge < -0.3 is 10.3 Å². The molecule has 36 heavy (non-hydrogen) atoms. The minimum atomic E-state index is 0.566. The summed E-state index contributed by atoms with van der Waals surface area (Å²) in [6, 6.07) is 12.3. The van der Waals surface area contributed by atoms with E-state index in [9.17, 15) is 0 Å². The standard InChI is InChI=1S/C29H23N7/c1-17(18-3-2-4-18)34-22-11-20(14-31-16-22)21-12-24-28(36-29(24)33-15-21)26-13-23-25(35-26)7-10-32-27(23)19-5-8-30-9-6-19/h5-16,18,34-35H,1-4H2. The van der Waals surface area contributed by atoms with Crippen molar-refractivity contribution in [1.82, 2.24) is 24.9 Å². The van der Waals surface area contributed by atoms with Crippen molar-refractivity contribution in [3.8, 4) is 22.4 Å². The molecule has 0 atom stereocenters. The van der Waals surface area contributed by atoms with Crippen LogP contribution < -0.4 is 16.0 Å². The van der Waals surface area contributed by atoms with E-state index in [-0.39, 0.29) is 0 Å². The largest absolute Gasteiger partial charge is 0.358 e. The highest BCUT2D eigenvalue weighted by atomic mass is 14.9. The van der Waals surface area contributed by atoms with Crippen LogP contribution in [0.25, 0.3) is 39.0 Å². The second kappa shape index (κ2) is 8.23. The number of pyridine rings is 4. The fraction of sp³-hybridized carbons (Fsp3) is 0.138. The van der Waals surface area contributed by atoms with E-state index >= 15 is 0 Å². The van der Waals surface area contributed by atoms with E-state index in [1.165, 1.54) is 19.3 Å². The molecule has 0 saturated heterocycles. The molecule has 0 radical (unpaired) electrons. The maximum atomic E-state index is 4.68. The van der Waals surface area contributed by atoms with Crippen LogP contribution in [0.5, 0.6) is 0 Å². The molecule has 174 valence electrons. The minimum absolute atomic E-state index is 0.566. The maximum Gasteiger partial charge on any atom is 0.162 e. The summed E-state index contributed by atoms with van der Waals surface area (Å²) in [5, 5.41) is 5.52. The number of fused-ring (bicyclic) bond motifs is 2.